The van der Waals surface area contributed by atoms with Gasteiger partial charge in [0, 0.05) is 49.1 Å². The molecule has 0 radical (unpaired) electrons. The summed E-state index contributed by atoms with van der Waals surface area (Å²) >= 11 is 0. The average molecular weight is 1960 g/mol. The Bertz CT molecular complexity index is 9500. The average Bonchev–Trinajstić information content (AvgIpc) is 1.26. The number of nitrogens with zero attached hydrogens (tertiary/aromatic N) is 12. The van der Waals surface area contributed by atoms with Crippen molar-refractivity contribution >= 4 is 169 Å². The molecule has 0 unspecified atom stereocenters. The van der Waals surface area contributed by atoms with Gasteiger partial charge >= 0.3 is 0 Å². The van der Waals surface area contributed by atoms with Crippen molar-refractivity contribution in [3.8, 4) is 86.9 Å². The van der Waals surface area contributed by atoms with E-state index in [9.17, 15) is 31.6 Å². The molecule has 21 aromatic carbocycles. The lowest BCUT2D eigenvalue weighted by Crippen LogP contribution is -2.75. The van der Waals surface area contributed by atoms with Gasteiger partial charge in [0.1, 0.15) is 12.1 Å². The van der Waals surface area contributed by atoms with Gasteiger partial charge in [-0.15, -0.1) is 0 Å². The molecule has 0 fully saturated rings. The standard InChI is InChI=1S/3C45H28N4Si/c1-47-33-23-27-45(50(35-14-6-3-7-15-35,36-16-8-4-9-17-36)37-18-10-5-11-19-37)41(29-33)38-25-24-34(30-42(38)48-2)49-43-21-13-12-20-39(43)40-28-32(31-46)22-26-44(40)49;1-48-42-28-34(31-47)40(29-45(42)49-43-20-12-11-19-39(43)41-27-32(30-46)21-26-44(41)49)33-22-24-38(25-23-33)50(35-13-5-2-6-14-35,36-15-7-3-8-16-36)37-17-9-4-10-18-37;46-29-32-20-26-44-40(28-32)39-18-10-11-19-43(39)49(44)45-27-25-38(41(30-47)42(45)31-48)33-21-23-37(24-22-33)50(34-12-4-1-5-13-34,35-14-6-2-7-15-35)36-16-8-3-9-17-36/h3-30H;2-29H;1-28H. The highest BCUT2D eigenvalue weighted by Crippen LogP contribution is 2.44. The summed E-state index contributed by atoms with van der Waals surface area (Å²) in [5, 5.41) is 81.2. The zero-order chi connectivity index (χ0) is 102. The first kappa shape index (κ1) is 94.0. The number of hydrogen-bond donors (Lipinski definition) is 0. The van der Waals surface area contributed by atoms with E-state index in [1.165, 1.54) is 57.1 Å². The minimum atomic E-state index is -2.98. The number of fused-ring (bicyclic) bond motifs is 9. The van der Waals surface area contributed by atoms with Gasteiger partial charge in [0.15, 0.2) is 35.6 Å². The molecule has 150 heavy (non-hydrogen) atoms. The summed E-state index contributed by atoms with van der Waals surface area (Å²) < 4.78 is 6.27. The van der Waals surface area contributed by atoms with Crippen molar-refractivity contribution in [1.82, 2.24) is 13.7 Å². The van der Waals surface area contributed by atoms with E-state index in [0.29, 0.717) is 67.4 Å². The van der Waals surface area contributed by atoms with E-state index in [0.717, 1.165) is 104 Å². The highest BCUT2D eigenvalue weighted by Gasteiger charge is 2.46. The maximum absolute atomic E-state index is 10.6. The Morgan fingerprint density at radius 2 is 0.520 bits per heavy atom. The Kier molecular flexibility index (Phi) is 25.6. The largest absolute Gasteiger partial charge is 0.319 e. The van der Waals surface area contributed by atoms with E-state index in [1.54, 1.807) is 18.2 Å². The summed E-state index contributed by atoms with van der Waals surface area (Å²) in [6, 6.07) is 189. The van der Waals surface area contributed by atoms with Crippen LogP contribution >= 0.6 is 0 Å². The second-order valence-corrected chi connectivity index (χ2v) is 48.0. The van der Waals surface area contributed by atoms with Crippen LogP contribution in [0, 0.1) is 87.7 Å². The summed E-state index contributed by atoms with van der Waals surface area (Å²) in [5.74, 6) is 0. The van der Waals surface area contributed by atoms with E-state index < -0.39 is 24.2 Å². The molecule has 0 N–H and O–H groups in total. The highest BCUT2D eigenvalue weighted by molar-refractivity contribution is 7.21. The zero-order valence-corrected chi connectivity index (χ0v) is 83.9. The molecule has 3 heterocycles. The van der Waals surface area contributed by atoms with Crippen molar-refractivity contribution in [3.63, 3.8) is 0 Å². The molecule has 3 aromatic heterocycles. The summed E-state index contributed by atoms with van der Waals surface area (Å²) in [7, 11) is -8.41. The molecule has 0 amide bonds. The van der Waals surface area contributed by atoms with Gasteiger partial charge < -0.3 is 13.7 Å². The number of aromatic nitrogens is 3. The maximum Gasteiger partial charge on any atom is 0.211 e. The molecule has 0 aliphatic carbocycles. The first-order valence-electron chi connectivity index (χ1n) is 49.0. The molecule has 15 heteroatoms. The molecule has 0 aliphatic rings. The molecule has 0 saturated heterocycles. The van der Waals surface area contributed by atoms with Crippen molar-refractivity contribution in [2.45, 2.75) is 0 Å². The minimum Gasteiger partial charge on any atom is -0.319 e. The molecule has 24 aromatic rings. The maximum atomic E-state index is 10.6. The van der Waals surface area contributed by atoms with Gasteiger partial charge in [0.05, 0.1) is 116 Å². The van der Waals surface area contributed by atoms with Crippen molar-refractivity contribution in [1.29, 1.82) is 31.6 Å². The summed E-state index contributed by atoms with van der Waals surface area (Å²) in [4.78, 5) is 11.9. The molecule has 0 saturated carbocycles. The van der Waals surface area contributed by atoms with Gasteiger partial charge in [-0.1, -0.05) is 406 Å². The van der Waals surface area contributed by atoms with Gasteiger partial charge in [-0.2, -0.15) is 31.6 Å². The van der Waals surface area contributed by atoms with E-state index >= 15 is 0 Å². The Morgan fingerprint density at radius 1 is 0.200 bits per heavy atom. The van der Waals surface area contributed by atoms with Crippen LogP contribution in [-0.2, 0) is 0 Å². The first-order chi connectivity index (χ1) is 74.0. The third-order valence-corrected chi connectivity index (χ3v) is 43.4. The molecule has 0 atom stereocenters. The molecular formula is C135H84N12Si3. The second kappa shape index (κ2) is 40.8. The van der Waals surface area contributed by atoms with Crippen LogP contribution in [0.25, 0.3) is 130 Å². The van der Waals surface area contributed by atoms with Crippen LogP contribution in [0.1, 0.15) is 33.4 Å². The van der Waals surface area contributed by atoms with E-state index in [2.05, 4.69) is 388 Å². The van der Waals surface area contributed by atoms with Crippen molar-refractivity contribution in [2.24, 2.45) is 0 Å². The zero-order valence-electron chi connectivity index (χ0n) is 80.9. The van der Waals surface area contributed by atoms with Crippen LogP contribution in [0.15, 0.2) is 510 Å². The number of nitriles is 6. The molecule has 0 aliphatic heterocycles. The number of benzene rings is 21. The van der Waals surface area contributed by atoms with E-state index in [1.807, 2.05) is 168 Å². The van der Waals surface area contributed by atoms with Crippen molar-refractivity contribution in [3.05, 3.63) is 577 Å². The first-order valence-corrected chi connectivity index (χ1v) is 55.0. The third kappa shape index (κ3) is 16.3. The fourth-order valence-electron chi connectivity index (χ4n) is 22.4. The van der Waals surface area contributed by atoms with E-state index in [4.69, 9.17) is 19.7 Å². The topological polar surface area (TPSA) is 171 Å². The van der Waals surface area contributed by atoms with Crippen molar-refractivity contribution < 1.29 is 0 Å². The molecule has 696 valence electrons. The van der Waals surface area contributed by atoms with Crippen LogP contribution in [0.2, 0.25) is 0 Å². The Morgan fingerprint density at radius 3 is 0.873 bits per heavy atom. The van der Waals surface area contributed by atoms with Crippen LogP contribution in [-0.4, -0.2) is 37.9 Å². The summed E-state index contributed by atoms with van der Waals surface area (Å²) in [6.07, 6.45) is 0. The monoisotopic (exact) mass is 1960 g/mol. The molecular weight excluding hydrogens is 1870 g/mol. The smallest absolute Gasteiger partial charge is 0.211 e. The van der Waals surface area contributed by atoms with Gasteiger partial charge in [0.2, 0.25) is 5.69 Å². The summed E-state index contributed by atoms with van der Waals surface area (Å²) in [6.45, 7) is 24.6. The summed E-state index contributed by atoms with van der Waals surface area (Å²) in [5.41, 5.74) is 16.9. The molecule has 24 rings (SSSR count). The number of hydrogen-bond acceptors (Lipinski definition) is 6. The lowest BCUT2D eigenvalue weighted by Gasteiger charge is -2.36. The quantitative estimate of drug-likeness (QED) is 0.0470. The SMILES string of the molecule is N#Cc1ccc2c(c1)c1ccccc1n2-c1ccc(-c2ccc([Si](c3ccccc3)(c3ccccc3)c3ccccc3)cc2)c(C#N)c1C#N.[C-]#[N+]c1cc(C#N)c(-c2ccc([Si](c3ccccc3)(c3ccccc3)c3ccccc3)cc2)cc1-n1c2ccccc2c2cc(C#N)ccc21.[C-]#[N+]c1ccc([Si](c2ccccc2)(c2ccccc2)c2ccccc2)c(-c2ccc(-n3c4ccccc4c4cc(C#N)ccc43)cc2[N+]#[C-])c1. The minimum absolute atomic E-state index is 0.308. The highest BCUT2D eigenvalue weighted by atomic mass is 28.3. The normalized spacial score (nSPS) is 11.1. The predicted molar refractivity (Wildman–Crippen MR) is 617 cm³/mol. The number of para-hydroxylation sites is 3. The fourth-order valence-corrected chi connectivity index (χ4v) is 36.9. The Hall–Kier alpha value is -20.9. The molecule has 12 nitrogen and oxygen atoms in total. The Balaban J connectivity index is 0.000000127. The van der Waals surface area contributed by atoms with Gasteiger partial charge in [-0.25, -0.2) is 14.5 Å². The van der Waals surface area contributed by atoms with Gasteiger partial charge in [-0.05, 0) is 193 Å². The van der Waals surface area contributed by atoms with Crippen LogP contribution in [0.4, 0.5) is 17.1 Å². The van der Waals surface area contributed by atoms with Crippen LogP contribution in [0.3, 0.4) is 0 Å². The fraction of sp³-hybridized carbons (Fsp3) is 0. The Labute approximate surface area is 871 Å². The molecule has 0 bridgehead atoms. The van der Waals surface area contributed by atoms with Crippen molar-refractivity contribution in [2.75, 3.05) is 0 Å². The second-order valence-electron chi connectivity index (χ2n) is 36.7. The van der Waals surface area contributed by atoms with Gasteiger partial charge in [0.25, 0.3) is 0 Å². The van der Waals surface area contributed by atoms with Gasteiger partial charge in [-0.3, -0.25) is 0 Å². The predicted octanol–water partition coefficient (Wildman–Crippen LogP) is 24.4. The van der Waals surface area contributed by atoms with Crippen LogP contribution < -0.4 is 62.2 Å². The van der Waals surface area contributed by atoms with E-state index in [-0.39, 0.29) is 0 Å². The lowest BCUT2D eigenvalue weighted by atomic mass is 9.95. The number of rotatable bonds is 18. The lowest BCUT2D eigenvalue weighted by molar-refractivity contribution is 1.16. The molecule has 0 spiro atoms. The van der Waals surface area contributed by atoms with Crippen LogP contribution in [0.5, 0.6) is 0 Å². The third-order valence-electron chi connectivity index (χ3n) is 29.0.